The molecule has 4 N–H and O–H groups in total. The predicted octanol–water partition coefficient (Wildman–Crippen LogP) is 8.47. The lowest BCUT2D eigenvalue weighted by atomic mass is 9.93. The number of carbonyl (C=O) groups is 5. The van der Waals surface area contributed by atoms with E-state index in [9.17, 15) is 29.1 Å². The second kappa shape index (κ2) is 35.7. The van der Waals surface area contributed by atoms with Crippen molar-refractivity contribution in [3.8, 4) is 0 Å². The van der Waals surface area contributed by atoms with Gasteiger partial charge >= 0.3 is 6.09 Å². The molecule has 444 valence electrons. The summed E-state index contributed by atoms with van der Waals surface area (Å²) in [4.78, 5) is 74.2. The number of rotatable bonds is 32. The van der Waals surface area contributed by atoms with Crippen LogP contribution in [0.15, 0.2) is 121 Å². The molecule has 6 aromatic rings. The number of methoxy groups -OCH3 is 2. The van der Waals surface area contributed by atoms with Crippen LogP contribution in [0.5, 0.6) is 0 Å². The van der Waals surface area contributed by atoms with Crippen molar-refractivity contribution < 1.29 is 71.7 Å². The van der Waals surface area contributed by atoms with Crippen LogP contribution in [-0.2, 0) is 42.6 Å². The molecule has 21 nitrogen and oxygen atoms in total. The van der Waals surface area contributed by atoms with Crippen LogP contribution in [0, 0.1) is 13.1 Å². The summed E-state index contributed by atoms with van der Waals surface area (Å²) in [6, 6.07) is 35.7. The van der Waals surface area contributed by atoms with Crippen LogP contribution in [0.4, 0.5) is 16.2 Å². The van der Waals surface area contributed by atoms with E-state index in [2.05, 4.69) is 15.0 Å². The second-order valence-corrected chi connectivity index (χ2v) is 18.7. The minimum atomic E-state index is -0.700. The van der Waals surface area contributed by atoms with Gasteiger partial charge in [-0.2, -0.15) is 0 Å². The van der Waals surface area contributed by atoms with E-state index >= 15 is 0 Å². The number of hydrogen-bond donors (Lipinski definition) is 3. The van der Waals surface area contributed by atoms with Gasteiger partial charge in [0.1, 0.15) is 6.10 Å². The summed E-state index contributed by atoms with van der Waals surface area (Å²) in [5, 5.41) is 14.6. The molecule has 0 radical (unpaired) electrons. The molecule has 2 heterocycles. The molecule has 2 aliphatic rings. The first-order valence-corrected chi connectivity index (χ1v) is 27.5. The molecule has 84 heavy (non-hydrogen) atoms. The minimum absolute atomic E-state index is 0.0887. The molecule has 2 unspecified atom stereocenters. The minimum Gasteiger partial charge on any atom is -0.441 e. The Bertz CT molecular complexity index is 3130. The molecule has 0 saturated heterocycles. The summed E-state index contributed by atoms with van der Waals surface area (Å²) in [5.74, 6) is -1.52. The van der Waals surface area contributed by atoms with Crippen LogP contribution in [-0.4, -0.2) is 178 Å². The monoisotopic (exact) mass is 1150 g/mol. The van der Waals surface area contributed by atoms with Crippen LogP contribution in [0.3, 0.4) is 0 Å². The van der Waals surface area contributed by atoms with Crippen LogP contribution in [0.2, 0.25) is 0 Å². The van der Waals surface area contributed by atoms with E-state index in [-0.39, 0.29) is 44.7 Å². The Kier molecular flexibility index (Phi) is 27.6. The number of imide groups is 2. The van der Waals surface area contributed by atoms with E-state index in [1.54, 1.807) is 68.8 Å². The van der Waals surface area contributed by atoms with Gasteiger partial charge in [-0.05, 0) is 47.5 Å². The highest BCUT2D eigenvalue weighted by molar-refractivity contribution is 6.28. The van der Waals surface area contributed by atoms with Crippen LogP contribution < -0.4 is 11.1 Å². The fourth-order valence-corrected chi connectivity index (χ4v) is 8.95. The van der Waals surface area contributed by atoms with Gasteiger partial charge in [0.2, 0.25) is 13.1 Å². The Balaban J connectivity index is 0.000000236. The van der Waals surface area contributed by atoms with Crippen molar-refractivity contribution >= 4 is 62.6 Å². The van der Waals surface area contributed by atoms with Crippen LogP contribution >= 0.6 is 0 Å². The Labute approximate surface area is 489 Å². The van der Waals surface area contributed by atoms with Crippen molar-refractivity contribution in [1.82, 2.24) is 9.80 Å². The van der Waals surface area contributed by atoms with Gasteiger partial charge in [0, 0.05) is 63.7 Å². The lowest BCUT2D eigenvalue weighted by Crippen LogP contribution is -2.42. The number of carbonyl (C=O) groups excluding carboxylic acids is 5. The van der Waals surface area contributed by atoms with E-state index < -0.39 is 30.1 Å². The zero-order valence-corrected chi connectivity index (χ0v) is 47.4. The zero-order chi connectivity index (χ0) is 59.9. The Morgan fingerprint density at radius 2 is 0.905 bits per heavy atom. The topological polar surface area (TPSA) is 242 Å². The molecule has 0 spiro atoms. The summed E-state index contributed by atoms with van der Waals surface area (Å²) in [5.41, 5.74) is 10.3. The number of anilines is 2. The van der Waals surface area contributed by atoms with Crippen molar-refractivity contribution in [1.29, 1.82) is 0 Å². The van der Waals surface area contributed by atoms with Crippen molar-refractivity contribution in [2.75, 3.05) is 144 Å². The number of nitrogens with zero attached hydrogens (tertiary/aromatic N) is 4. The third kappa shape index (κ3) is 18.9. The maximum Gasteiger partial charge on any atom is 0.412 e. The molecular formula is C63H72N6O15. The highest BCUT2D eigenvalue weighted by atomic mass is 16.6. The van der Waals surface area contributed by atoms with E-state index in [1.807, 2.05) is 66.7 Å². The van der Waals surface area contributed by atoms with E-state index in [0.717, 1.165) is 16.5 Å². The molecule has 0 saturated carbocycles. The first kappa shape index (κ1) is 65.0. The normalized spacial score (nSPS) is 13.1. The average Bonchev–Trinajstić information content (AvgIpc) is 1.83. The second-order valence-electron chi connectivity index (χ2n) is 18.7. The predicted molar refractivity (Wildman–Crippen MR) is 315 cm³/mol. The van der Waals surface area contributed by atoms with Gasteiger partial charge in [-0.25, -0.2) is 17.9 Å². The number of hydrogen-bond acceptors (Lipinski definition) is 16. The highest BCUT2D eigenvalue weighted by Gasteiger charge is 2.35. The lowest BCUT2D eigenvalue weighted by Gasteiger charge is -2.27. The fourth-order valence-electron chi connectivity index (χ4n) is 8.95. The van der Waals surface area contributed by atoms with E-state index in [0.29, 0.717) is 148 Å². The smallest absolute Gasteiger partial charge is 0.412 e. The maximum absolute atomic E-state index is 13.3. The number of benzene rings is 6. The average molecular weight is 1150 g/mol. The van der Waals surface area contributed by atoms with E-state index in [4.69, 9.17) is 61.5 Å². The third-order valence-corrected chi connectivity index (χ3v) is 13.1. The first-order chi connectivity index (χ1) is 41.0. The van der Waals surface area contributed by atoms with Gasteiger partial charge in [0.05, 0.1) is 130 Å². The van der Waals surface area contributed by atoms with Gasteiger partial charge < -0.3 is 63.2 Å². The van der Waals surface area contributed by atoms with Crippen molar-refractivity contribution in [2.24, 2.45) is 0 Å². The van der Waals surface area contributed by atoms with Gasteiger partial charge in [-0.15, -0.1) is 0 Å². The number of aliphatic hydroxyl groups is 1. The standard InChI is InChI=1S/C32H35N3O8.C21H26N2O6.C10H11NO/c1-33-14-13-28(23-7-4-3-5-8-23)43-32(38)34-27-12-11-26-29-24(27)9-6-10-25(29)30(36)35(31(26)37)15-16-40-19-20-42-22-21-41-18-17-39-2;1-26-9-10-28-13-14-29-12-11-27-8-7-23-20(24)16-4-2-3-15-18(22)6-5-17(19(15)16)21(23)25;1-11-8-7-10(12)9-5-3-2-4-6-9/h3-12,28H,13-22H2,2H3,(H,34,38);2-6H,7-14,22H2,1H3;2-6,10,12H,7-8H2. The number of aliphatic hydroxyl groups excluding tert-OH is 1. The molecule has 2 atom stereocenters. The van der Waals surface area contributed by atoms with Crippen LogP contribution in [0.25, 0.3) is 31.2 Å². The lowest BCUT2D eigenvalue weighted by molar-refractivity contribution is 0.00145. The SMILES string of the molecule is COCCOCCOCCOCCN1C(=O)c2cccc3c(N)ccc(c23)C1=O.[C-]#[N+]CCC(O)c1ccccc1.[C-]#[N+]CCC(OC(=O)Nc1ccc2c3c(cccc13)C(=O)N(CCOCCOCCOCCOC)C2=O)c1ccccc1. The van der Waals surface area contributed by atoms with Crippen molar-refractivity contribution in [3.05, 3.63) is 178 Å². The summed E-state index contributed by atoms with van der Waals surface area (Å²) in [7, 11) is 3.23. The molecule has 21 heteroatoms. The number of nitrogen functional groups attached to an aromatic ring is 1. The molecule has 6 aromatic carbocycles. The van der Waals surface area contributed by atoms with Gasteiger partial charge in [0.25, 0.3) is 23.6 Å². The first-order valence-electron chi connectivity index (χ1n) is 27.5. The summed E-state index contributed by atoms with van der Waals surface area (Å²) in [6.07, 6.45) is -0.909. The quantitative estimate of drug-likeness (QED) is 0.0155. The molecule has 0 fully saturated rings. The van der Waals surface area contributed by atoms with Crippen molar-refractivity contribution in [2.45, 2.75) is 25.0 Å². The van der Waals surface area contributed by atoms with Gasteiger partial charge in [-0.1, -0.05) is 84.9 Å². The summed E-state index contributed by atoms with van der Waals surface area (Å²) >= 11 is 0. The van der Waals surface area contributed by atoms with Crippen LogP contribution in [0.1, 0.15) is 77.6 Å². The molecule has 0 aliphatic carbocycles. The third-order valence-electron chi connectivity index (χ3n) is 13.1. The van der Waals surface area contributed by atoms with Gasteiger partial charge in [0.15, 0.2) is 0 Å². The van der Waals surface area contributed by atoms with E-state index in [1.165, 1.54) is 9.80 Å². The Morgan fingerprint density at radius 3 is 1.38 bits per heavy atom. The zero-order valence-electron chi connectivity index (χ0n) is 47.4. The summed E-state index contributed by atoms with van der Waals surface area (Å²) < 4.78 is 48.0. The number of nitrogens with two attached hydrogens (primary N) is 1. The summed E-state index contributed by atoms with van der Waals surface area (Å²) in [6.45, 7) is 20.4. The number of amides is 5. The molecule has 5 amide bonds. The highest BCUT2D eigenvalue weighted by Crippen LogP contribution is 2.36. The molecule has 2 aliphatic heterocycles. The molecule has 8 rings (SSSR count). The molecular weight excluding hydrogens is 1080 g/mol. The maximum atomic E-state index is 13.3. The Hall–Kier alpha value is -8.19. The van der Waals surface area contributed by atoms with Crippen molar-refractivity contribution in [3.63, 3.8) is 0 Å². The molecule has 0 aromatic heterocycles. The number of nitrogens with one attached hydrogen (secondary N) is 1. The number of ether oxygens (including phenoxy) is 9. The molecule has 0 bridgehead atoms. The fraction of sp³-hybridized carbons (Fsp3) is 0.381. The Morgan fingerprint density at radius 1 is 0.500 bits per heavy atom. The van der Waals surface area contributed by atoms with Gasteiger partial charge in [-0.3, -0.25) is 34.3 Å². The largest absolute Gasteiger partial charge is 0.441 e.